The van der Waals surface area contributed by atoms with Gasteiger partial charge >= 0.3 is 5.97 Å². The molecule has 0 radical (unpaired) electrons. The number of nitrogens with two attached hydrogens (primary N) is 1. The normalized spacial score (nSPS) is 42.7. The van der Waals surface area contributed by atoms with Crippen molar-refractivity contribution in [2.75, 3.05) is 0 Å². The highest BCUT2D eigenvalue weighted by Crippen LogP contribution is 2.75. The molecular formula is C35H52N4O5. The average molecular weight is 609 g/mol. The van der Waals surface area contributed by atoms with Gasteiger partial charge in [0.05, 0.1) is 29.6 Å². The highest BCUT2D eigenvalue weighted by Gasteiger charge is 2.72. The van der Waals surface area contributed by atoms with Crippen LogP contribution in [0.3, 0.4) is 0 Å². The summed E-state index contributed by atoms with van der Waals surface area (Å²) in [5.74, 6) is -0.593. The van der Waals surface area contributed by atoms with Crippen molar-refractivity contribution in [1.82, 2.24) is 15.0 Å². The number of nitrogens with zero attached hydrogens (tertiary/aromatic N) is 3. The third-order valence-corrected chi connectivity index (χ3v) is 12.7. The molecule has 44 heavy (non-hydrogen) atoms. The molecule has 10 atom stereocenters. The average Bonchev–Trinajstić information content (AvgIpc) is 3.52. The van der Waals surface area contributed by atoms with E-state index in [1.54, 1.807) is 6.92 Å². The van der Waals surface area contributed by atoms with Crippen LogP contribution in [-0.4, -0.2) is 55.3 Å². The minimum absolute atomic E-state index is 0.0411. The first-order valence-corrected chi connectivity index (χ1v) is 16.3. The van der Waals surface area contributed by atoms with Crippen molar-refractivity contribution in [3.63, 3.8) is 0 Å². The van der Waals surface area contributed by atoms with Crippen molar-refractivity contribution in [2.24, 2.45) is 39.7 Å². The molecule has 9 heteroatoms. The monoisotopic (exact) mass is 608 g/mol. The van der Waals surface area contributed by atoms with Gasteiger partial charge in [-0.15, -0.1) is 5.10 Å². The quantitative estimate of drug-likeness (QED) is 0.238. The molecule has 0 aromatic carbocycles. The SMILES string of the molecule is CC(=O)O[C@H]1C[C@@]2(C)[C@@H](C[C@@H](O)[C@H]3[C@@]4(C)CC[C@@H](O)[C@](C)(n5cc(CN)nn5)[C@@H]4CC[C@@]32C)/C1=C(\C=C/C=C(C)C)C(C)=O. The van der Waals surface area contributed by atoms with E-state index in [4.69, 9.17) is 10.5 Å². The lowest BCUT2D eigenvalue weighted by atomic mass is 9.35. The molecule has 0 aliphatic heterocycles. The summed E-state index contributed by atoms with van der Waals surface area (Å²) in [6.45, 7) is 16.3. The molecule has 1 heterocycles. The Kier molecular flexibility index (Phi) is 8.43. The zero-order valence-electron chi connectivity index (χ0n) is 27.8. The number of Topliss-reactive ketones (excluding diaryl/α,β-unsaturated/α-hetero) is 1. The molecule has 1 aromatic heterocycles. The predicted molar refractivity (Wildman–Crippen MR) is 168 cm³/mol. The molecule has 0 spiro atoms. The molecule has 4 saturated carbocycles. The number of carbonyl (C=O) groups excluding carboxylic acids is 2. The van der Waals surface area contributed by atoms with Crippen LogP contribution >= 0.6 is 0 Å². The van der Waals surface area contributed by atoms with Gasteiger partial charge in [-0.3, -0.25) is 9.59 Å². The Morgan fingerprint density at radius 1 is 1.09 bits per heavy atom. The van der Waals surface area contributed by atoms with Crippen LogP contribution in [0.15, 0.2) is 41.1 Å². The molecular weight excluding hydrogens is 556 g/mol. The number of hydrogen-bond donors (Lipinski definition) is 3. The van der Waals surface area contributed by atoms with Crippen LogP contribution in [-0.2, 0) is 26.4 Å². The van der Waals surface area contributed by atoms with Crippen LogP contribution in [0.1, 0.15) is 99.6 Å². The zero-order chi connectivity index (χ0) is 32.4. The van der Waals surface area contributed by atoms with Crippen LogP contribution in [0, 0.1) is 34.0 Å². The van der Waals surface area contributed by atoms with Gasteiger partial charge in [0.2, 0.25) is 0 Å². The van der Waals surface area contributed by atoms with Gasteiger partial charge < -0.3 is 20.7 Å². The summed E-state index contributed by atoms with van der Waals surface area (Å²) in [6.07, 6.45) is 9.91. The van der Waals surface area contributed by atoms with Crippen LogP contribution in [0.25, 0.3) is 0 Å². The summed E-state index contributed by atoms with van der Waals surface area (Å²) in [5, 5.41) is 32.5. The van der Waals surface area contributed by atoms with Gasteiger partial charge in [0, 0.05) is 19.0 Å². The van der Waals surface area contributed by atoms with E-state index in [1.807, 2.05) is 43.0 Å². The standard InChI is InChI=1S/C35H52N4O5/c1-20(2)10-9-11-24(21(3)40)30-25-16-26(42)31-32(5)14-13-29(43)35(8,39-19-23(18-36)37-38-39)28(32)12-15-33(31,6)34(25,7)17-27(30)44-22(4)41/h9-11,19,25-29,31,42-43H,12-18,36H2,1-8H3/b11-9-,30-24-/t25-,26+,27-,28+,29+,31-,32-,33-,34-,35+/m0/s1. The molecule has 9 nitrogen and oxygen atoms in total. The Bertz CT molecular complexity index is 1410. The third kappa shape index (κ3) is 4.76. The topological polar surface area (TPSA) is 141 Å². The van der Waals surface area contributed by atoms with Gasteiger partial charge in [0.25, 0.3) is 0 Å². The highest BCUT2D eigenvalue weighted by atomic mass is 16.5. The maximum absolute atomic E-state index is 13.2. The number of allylic oxidation sites excluding steroid dienone is 5. The summed E-state index contributed by atoms with van der Waals surface area (Å²) in [5.41, 5.74) is 7.43. The zero-order valence-corrected chi connectivity index (χ0v) is 27.8. The number of aromatic nitrogens is 3. The Labute approximate surface area is 262 Å². The number of hydrogen-bond acceptors (Lipinski definition) is 8. The number of rotatable bonds is 6. The minimum atomic E-state index is -0.704. The van der Waals surface area contributed by atoms with E-state index in [2.05, 4.69) is 38.0 Å². The fourth-order valence-electron chi connectivity index (χ4n) is 10.6. The molecule has 0 saturated heterocycles. The lowest BCUT2D eigenvalue weighted by molar-refractivity contribution is -0.249. The maximum atomic E-state index is 13.2. The number of esters is 1. The van der Waals surface area contributed by atoms with Crippen molar-refractivity contribution < 1.29 is 24.5 Å². The first-order valence-electron chi connectivity index (χ1n) is 16.3. The Hall–Kier alpha value is -2.62. The molecule has 4 N–H and O–H groups in total. The minimum Gasteiger partial charge on any atom is -0.458 e. The number of aliphatic hydroxyl groups is 2. The van der Waals surface area contributed by atoms with Crippen molar-refractivity contribution in [3.8, 4) is 0 Å². The van der Waals surface area contributed by atoms with Gasteiger partial charge in [-0.1, -0.05) is 49.8 Å². The van der Waals surface area contributed by atoms with Crippen molar-refractivity contribution in [3.05, 3.63) is 46.8 Å². The first kappa shape index (κ1) is 32.8. The van der Waals surface area contributed by atoms with Gasteiger partial charge in [-0.2, -0.15) is 0 Å². The van der Waals surface area contributed by atoms with E-state index in [0.29, 0.717) is 30.5 Å². The number of ketones is 1. The van der Waals surface area contributed by atoms with Crippen LogP contribution in [0.5, 0.6) is 0 Å². The summed E-state index contributed by atoms with van der Waals surface area (Å²) >= 11 is 0. The molecule has 0 unspecified atom stereocenters. The molecule has 1 aromatic rings. The smallest absolute Gasteiger partial charge is 0.303 e. The second kappa shape index (κ2) is 11.3. The fourth-order valence-corrected chi connectivity index (χ4v) is 10.6. The number of ether oxygens (including phenoxy) is 1. The molecule has 4 fully saturated rings. The second-order valence-electron chi connectivity index (χ2n) is 15.2. The Morgan fingerprint density at radius 2 is 1.80 bits per heavy atom. The third-order valence-electron chi connectivity index (χ3n) is 12.7. The summed E-state index contributed by atoms with van der Waals surface area (Å²) < 4.78 is 7.84. The number of fused-ring (bicyclic) bond motifs is 5. The van der Waals surface area contributed by atoms with Gasteiger partial charge in [-0.25, -0.2) is 4.68 Å². The van der Waals surface area contributed by atoms with Crippen molar-refractivity contribution >= 4 is 11.8 Å². The van der Waals surface area contributed by atoms with E-state index in [-0.39, 0.29) is 52.3 Å². The molecule has 242 valence electrons. The predicted octanol–water partition coefficient (Wildman–Crippen LogP) is 4.78. The van der Waals surface area contributed by atoms with E-state index in [0.717, 1.165) is 30.4 Å². The van der Waals surface area contributed by atoms with Gasteiger partial charge in [0.15, 0.2) is 5.78 Å². The van der Waals surface area contributed by atoms with Crippen molar-refractivity contribution in [2.45, 2.75) is 124 Å². The number of carbonyl (C=O) groups is 2. The lowest BCUT2D eigenvalue weighted by Crippen LogP contribution is -2.69. The summed E-state index contributed by atoms with van der Waals surface area (Å²) in [4.78, 5) is 25.6. The van der Waals surface area contributed by atoms with Crippen LogP contribution in [0.4, 0.5) is 0 Å². The molecule has 4 aliphatic rings. The Balaban J connectivity index is 1.63. The summed E-state index contributed by atoms with van der Waals surface area (Å²) in [7, 11) is 0. The van der Waals surface area contributed by atoms with Crippen LogP contribution in [0.2, 0.25) is 0 Å². The molecule has 4 aliphatic carbocycles. The molecule has 0 bridgehead atoms. The lowest BCUT2D eigenvalue weighted by Gasteiger charge is -2.70. The van der Waals surface area contributed by atoms with Crippen LogP contribution < -0.4 is 5.73 Å². The van der Waals surface area contributed by atoms with Gasteiger partial charge in [-0.05, 0) is 106 Å². The molecule has 0 amide bonds. The second-order valence-corrected chi connectivity index (χ2v) is 15.2. The largest absolute Gasteiger partial charge is 0.458 e. The van der Waals surface area contributed by atoms with E-state index < -0.39 is 23.9 Å². The van der Waals surface area contributed by atoms with E-state index >= 15 is 0 Å². The first-order chi connectivity index (χ1) is 20.5. The number of aliphatic hydroxyl groups excluding tert-OH is 2. The maximum Gasteiger partial charge on any atom is 0.303 e. The van der Waals surface area contributed by atoms with E-state index in [9.17, 15) is 19.8 Å². The van der Waals surface area contributed by atoms with E-state index in [1.165, 1.54) is 6.92 Å². The Morgan fingerprint density at radius 3 is 2.39 bits per heavy atom. The highest BCUT2D eigenvalue weighted by molar-refractivity contribution is 5.97. The molecule has 5 rings (SSSR count). The van der Waals surface area contributed by atoms with Crippen molar-refractivity contribution in [1.29, 1.82) is 0 Å². The van der Waals surface area contributed by atoms with Gasteiger partial charge in [0.1, 0.15) is 6.10 Å². The summed E-state index contributed by atoms with van der Waals surface area (Å²) in [6, 6.07) is 0. The fraction of sp³-hybridized carbons (Fsp3) is 0.714.